The van der Waals surface area contributed by atoms with Gasteiger partial charge in [0.1, 0.15) is 0 Å². The summed E-state index contributed by atoms with van der Waals surface area (Å²) in [5.41, 5.74) is 6.21. The van der Waals surface area contributed by atoms with Gasteiger partial charge < -0.3 is 5.73 Å². The molecule has 1 heterocycles. The minimum Gasteiger partial charge on any atom is -0.369 e. The molecule has 0 spiro atoms. The first kappa shape index (κ1) is 14.6. The van der Waals surface area contributed by atoms with Gasteiger partial charge in [-0.15, -0.1) is 10.2 Å². The van der Waals surface area contributed by atoms with Crippen LogP contribution in [0.4, 0.5) is 0 Å². The van der Waals surface area contributed by atoms with Crippen molar-refractivity contribution in [2.45, 2.75) is 14.4 Å². The highest BCUT2D eigenvalue weighted by atomic mass is 35.5. The molecular formula is C11H10ClN3OS3. The van der Waals surface area contributed by atoms with Crippen molar-refractivity contribution in [1.29, 1.82) is 0 Å². The molecule has 8 heteroatoms. The lowest BCUT2D eigenvalue weighted by atomic mass is 10.2. The zero-order chi connectivity index (χ0) is 13.7. The van der Waals surface area contributed by atoms with E-state index in [9.17, 15) is 4.79 Å². The predicted octanol–water partition coefficient (Wildman–Crippen LogP) is 3.06. The minimum atomic E-state index is -0.353. The quantitative estimate of drug-likeness (QED) is 0.824. The number of rotatable bonds is 6. The van der Waals surface area contributed by atoms with Gasteiger partial charge >= 0.3 is 0 Å². The summed E-state index contributed by atoms with van der Waals surface area (Å²) in [6.07, 6.45) is 0. The Morgan fingerprint density at radius 2 is 2.05 bits per heavy atom. The first-order chi connectivity index (χ1) is 9.13. The van der Waals surface area contributed by atoms with E-state index in [0.29, 0.717) is 0 Å². The van der Waals surface area contributed by atoms with E-state index < -0.39 is 0 Å². The second-order valence-corrected chi connectivity index (χ2v) is 7.37. The first-order valence-electron chi connectivity index (χ1n) is 5.25. The van der Waals surface area contributed by atoms with E-state index in [1.165, 1.54) is 23.1 Å². The summed E-state index contributed by atoms with van der Waals surface area (Å²) < 4.78 is 1.62. The highest BCUT2D eigenvalue weighted by Crippen LogP contribution is 2.30. The summed E-state index contributed by atoms with van der Waals surface area (Å²) in [5.74, 6) is 0.664. The molecule has 0 aliphatic carbocycles. The lowest BCUT2D eigenvalue weighted by Crippen LogP contribution is -2.12. The van der Waals surface area contributed by atoms with Crippen LogP contribution in [0.5, 0.6) is 0 Å². The Morgan fingerprint density at radius 1 is 1.32 bits per heavy atom. The molecule has 0 radical (unpaired) electrons. The minimum absolute atomic E-state index is 0.230. The number of hydrogen-bond acceptors (Lipinski definition) is 6. The average molecular weight is 332 g/mol. The fourth-order valence-electron chi connectivity index (χ4n) is 1.22. The molecule has 2 N–H and O–H groups in total. The summed E-state index contributed by atoms with van der Waals surface area (Å²) in [6, 6.07) is 7.71. The van der Waals surface area contributed by atoms with Gasteiger partial charge in [0.05, 0.1) is 5.75 Å². The molecule has 100 valence electrons. The molecule has 0 fully saturated rings. The molecule has 0 aliphatic heterocycles. The molecule has 0 bridgehead atoms. The molecule has 0 saturated heterocycles. The van der Waals surface area contributed by atoms with Crippen LogP contribution in [-0.4, -0.2) is 21.9 Å². The van der Waals surface area contributed by atoms with Crippen molar-refractivity contribution in [2.75, 3.05) is 5.75 Å². The van der Waals surface area contributed by atoms with Crippen LogP contribution in [0.3, 0.4) is 0 Å². The molecular weight excluding hydrogens is 322 g/mol. The monoisotopic (exact) mass is 331 g/mol. The normalized spacial score (nSPS) is 10.6. The first-order valence-corrected chi connectivity index (χ1v) is 8.42. The summed E-state index contributed by atoms with van der Waals surface area (Å²) in [7, 11) is 0. The van der Waals surface area contributed by atoms with Gasteiger partial charge in [-0.1, -0.05) is 58.6 Å². The van der Waals surface area contributed by atoms with Gasteiger partial charge in [0.25, 0.3) is 0 Å². The largest absolute Gasteiger partial charge is 0.369 e. The molecule has 19 heavy (non-hydrogen) atoms. The fraction of sp³-hybridized carbons (Fsp3) is 0.182. The van der Waals surface area contributed by atoms with E-state index >= 15 is 0 Å². The topological polar surface area (TPSA) is 68.9 Å². The van der Waals surface area contributed by atoms with Crippen LogP contribution in [0.15, 0.2) is 32.9 Å². The van der Waals surface area contributed by atoms with Crippen molar-refractivity contribution in [3.63, 3.8) is 0 Å². The van der Waals surface area contributed by atoms with Crippen LogP contribution in [-0.2, 0) is 10.5 Å². The maximum absolute atomic E-state index is 10.7. The molecule has 4 nitrogen and oxygen atoms in total. The van der Waals surface area contributed by atoms with Crippen LogP contribution >= 0.6 is 46.5 Å². The Bertz CT molecular complexity index is 576. The second kappa shape index (κ2) is 7.14. The van der Waals surface area contributed by atoms with Gasteiger partial charge in [0.15, 0.2) is 8.68 Å². The standard InChI is InChI=1S/C11H10ClN3OS3/c12-8-3-1-2-7(4-8)5-17-10-14-15-11(19-10)18-6-9(13)16/h1-4H,5-6H2,(H2,13,16). The number of aromatic nitrogens is 2. The number of primary amides is 1. The Kier molecular flexibility index (Phi) is 5.50. The van der Waals surface area contributed by atoms with E-state index in [0.717, 1.165) is 25.0 Å². The number of carbonyl (C=O) groups excluding carboxylic acids is 1. The third kappa shape index (κ3) is 5.02. The van der Waals surface area contributed by atoms with Crippen LogP contribution in [0.25, 0.3) is 0 Å². The lowest BCUT2D eigenvalue weighted by Gasteiger charge is -1.98. The molecule has 0 unspecified atom stereocenters. The number of carbonyl (C=O) groups is 1. The Labute approximate surface area is 128 Å². The summed E-state index contributed by atoms with van der Waals surface area (Å²) in [4.78, 5) is 10.7. The van der Waals surface area contributed by atoms with Crippen molar-refractivity contribution in [3.05, 3.63) is 34.9 Å². The number of halogens is 1. The molecule has 0 atom stereocenters. The summed E-state index contributed by atoms with van der Waals surface area (Å²) in [5, 5.41) is 8.78. The van der Waals surface area contributed by atoms with Gasteiger partial charge in [-0.3, -0.25) is 4.79 Å². The predicted molar refractivity (Wildman–Crippen MR) is 80.8 cm³/mol. The Hall–Kier alpha value is -0.760. The number of amides is 1. The smallest absolute Gasteiger partial charge is 0.227 e. The van der Waals surface area contributed by atoms with Gasteiger partial charge in [0.2, 0.25) is 5.91 Å². The van der Waals surface area contributed by atoms with Crippen LogP contribution < -0.4 is 5.73 Å². The van der Waals surface area contributed by atoms with E-state index in [2.05, 4.69) is 10.2 Å². The number of thioether (sulfide) groups is 2. The molecule has 0 saturated carbocycles. The zero-order valence-electron chi connectivity index (χ0n) is 9.71. The van der Waals surface area contributed by atoms with E-state index in [1.54, 1.807) is 11.8 Å². The maximum Gasteiger partial charge on any atom is 0.227 e. The van der Waals surface area contributed by atoms with E-state index in [1.807, 2.05) is 24.3 Å². The second-order valence-electron chi connectivity index (χ2n) is 3.51. The van der Waals surface area contributed by atoms with Crippen LogP contribution in [0.1, 0.15) is 5.56 Å². The zero-order valence-corrected chi connectivity index (χ0v) is 12.9. The highest BCUT2D eigenvalue weighted by Gasteiger charge is 2.07. The Morgan fingerprint density at radius 3 is 2.74 bits per heavy atom. The molecule has 1 aromatic heterocycles. The molecule has 1 amide bonds. The third-order valence-corrected chi connectivity index (χ3v) is 5.50. The van der Waals surface area contributed by atoms with Crippen LogP contribution in [0.2, 0.25) is 5.02 Å². The molecule has 2 rings (SSSR count). The van der Waals surface area contributed by atoms with Crippen molar-refractivity contribution >= 4 is 52.4 Å². The maximum atomic E-state index is 10.7. The summed E-state index contributed by atoms with van der Waals surface area (Å²) >= 11 is 10.3. The van der Waals surface area contributed by atoms with E-state index in [4.69, 9.17) is 17.3 Å². The van der Waals surface area contributed by atoms with Gasteiger partial charge in [-0.2, -0.15) is 0 Å². The SMILES string of the molecule is NC(=O)CSc1nnc(SCc2cccc(Cl)c2)s1. The van der Waals surface area contributed by atoms with Gasteiger partial charge in [-0.05, 0) is 17.7 Å². The van der Waals surface area contributed by atoms with Gasteiger partial charge in [-0.25, -0.2) is 0 Å². The highest BCUT2D eigenvalue weighted by molar-refractivity contribution is 8.03. The lowest BCUT2D eigenvalue weighted by molar-refractivity contribution is -0.115. The van der Waals surface area contributed by atoms with Gasteiger partial charge in [0, 0.05) is 10.8 Å². The number of nitrogens with zero attached hydrogens (tertiary/aromatic N) is 2. The third-order valence-electron chi connectivity index (χ3n) is 1.98. The Balaban J connectivity index is 1.88. The molecule has 1 aromatic carbocycles. The van der Waals surface area contributed by atoms with E-state index in [-0.39, 0.29) is 11.7 Å². The molecule has 0 aliphatic rings. The van der Waals surface area contributed by atoms with Crippen molar-refractivity contribution < 1.29 is 4.79 Å². The number of hydrogen-bond donors (Lipinski definition) is 1. The van der Waals surface area contributed by atoms with Crippen LogP contribution in [0, 0.1) is 0 Å². The van der Waals surface area contributed by atoms with Crippen molar-refractivity contribution in [2.24, 2.45) is 5.73 Å². The van der Waals surface area contributed by atoms with Crippen molar-refractivity contribution in [1.82, 2.24) is 10.2 Å². The fourth-order valence-corrected chi connectivity index (χ4v) is 4.13. The summed E-state index contributed by atoms with van der Waals surface area (Å²) in [6.45, 7) is 0. The average Bonchev–Trinajstić information content (AvgIpc) is 2.82. The molecule has 2 aromatic rings. The number of benzene rings is 1. The number of nitrogens with two attached hydrogens (primary N) is 1. The van der Waals surface area contributed by atoms with Crippen molar-refractivity contribution in [3.8, 4) is 0 Å².